The maximum atomic E-state index is 12.2. The average Bonchev–Trinajstić information content (AvgIpc) is 3.06. The highest BCUT2D eigenvalue weighted by Crippen LogP contribution is 2.21. The minimum atomic E-state index is -0.322. The van der Waals surface area contributed by atoms with Crippen molar-refractivity contribution in [3.63, 3.8) is 0 Å². The van der Waals surface area contributed by atoms with Gasteiger partial charge >= 0.3 is 5.69 Å². The van der Waals surface area contributed by atoms with Crippen LogP contribution in [0.1, 0.15) is 11.1 Å². The van der Waals surface area contributed by atoms with Crippen LogP contribution in [0.25, 0.3) is 16.9 Å². The lowest BCUT2D eigenvalue weighted by Gasteiger charge is -2.12. The van der Waals surface area contributed by atoms with Crippen LogP contribution in [0.4, 0.5) is 0 Å². The first-order chi connectivity index (χ1) is 13.6. The lowest BCUT2D eigenvalue weighted by atomic mass is 10.1. The van der Waals surface area contributed by atoms with Crippen molar-refractivity contribution in [1.82, 2.24) is 29.8 Å². The summed E-state index contributed by atoms with van der Waals surface area (Å²) >= 11 is 0. The third-order valence-electron chi connectivity index (χ3n) is 4.38. The number of rotatable bonds is 5. The van der Waals surface area contributed by atoms with Crippen LogP contribution in [0, 0.1) is 6.92 Å². The molecule has 2 aromatic carbocycles. The van der Waals surface area contributed by atoms with Crippen molar-refractivity contribution < 1.29 is 4.74 Å². The van der Waals surface area contributed by atoms with E-state index in [0.717, 1.165) is 22.4 Å². The summed E-state index contributed by atoms with van der Waals surface area (Å²) in [7, 11) is 1.56. The van der Waals surface area contributed by atoms with Crippen molar-refractivity contribution in [2.45, 2.75) is 13.5 Å². The van der Waals surface area contributed by atoms with Crippen LogP contribution in [0.2, 0.25) is 0 Å². The Morgan fingerprint density at radius 3 is 2.57 bits per heavy atom. The smallest absolute Gasteiger partial charge is 0.368 e. The first kappa shape index (κ1) is 17.6. The SMILES string of the molecule is Cc1cccc(-n2nnn(C)c2=O)c1COc1cncc(-c2ccccc2)n1. The van der Waals surface area contributed by atoms with E-state index in [1.165, 1.54) is 9.36 Å². The Morgan fingerprint density at radius 1 is 1.00 bits per heavy atom. The van der Waals surface area contributed by atoms with E-state index in [4.69, 9.17) is 4.74 Å². The Bertz CT molecular complexity index is 1170. The summed E-state index contributed by atoms with van der Waals surface area (Å²) < 4.78 is 8.34. The Labute approximate surface area is 161 Å². The molecular formula is C20H18N6O2. The van der Waals surface area contributed by atoms with E-state index in [-0.39, 0.29) is 12.3 Å². The Kier molecular flexibility index (Phi) is 4.67. The van der Waals surface area contributed by atoms with Gasteiger partial charge in [-0.15, -0.1) is 0 Å². The van der Waals surface area contributed by atoms with Crippen LogP contribution in [0.5, 0.6) is 5.88 Å². The second-order valence-corrected chi connectivity index (χ2v) is 6.27. The molecule has 8 heteroatoms. The van der Waals surface area contributed by atoms with Crippen molar-refractivity contribution in [1.29, 1.82) is 0 Å². The van der Waals surface area contributed by atoms with E-state index in [2.05, 4.69) is 20.4 Å². The highest BCUT2D eigenvalue weighted by molar-refractivity contribution is 5.58. The van der Waals surface area contributed by atoms with Crippen LogP contribution in [-0.4, -0.2) is 29.8 Å². The fourth-order valence-electron chi connectivity index (χ4n) is 2.85. The van der Waals surface area contributed by atoms with Gasteiger partial charge in [-0.25, -0.2) is 9.78 Å². The molecule has 0 radical (unpaired) electrons. The average molecular weight is 374 g/mol. The number of aryl methyl sites for hydroxylation is 2. The molecule has 0 spiro atoms. The molecule has 0 saturated heterocycles. The highest BCUT2D eigenvalue weighted by Gasteiger charge is 2.14. The first-order valence-electron chi connectivity index (χ1n) is 8.71. The molecule has 0 bridgehead atoms. The molecule has 0 atom stereocenters. The number of aromatic nitrogens is 6. The van der Waals surface area contributed by atoms with Crippen molar-refractivity contribution in [2.24, 2.45) is 7.05 Å². The summed E-state index contributed by atoms with van der Waals surface area (Å²) in [6.07, 6.45) is 3.26. The minimum Gasteiger partial charge on any atom is -0.472 e. The Hall–Kier alpha value is -3.81. The summed E-state index contributed by atoms with van der Waals surface area (Å²) in [5.41, 5.74) is 3.80. The topological polar surface area (TPSA) is 87.7 Å². The molecule has 0 fully saturated rings. The molecule has 0 aliphatic carbocycles. The predicted octanol–water partition coefficient (Wildman–Crippen LogP) is 2.31. The number of hydrogen-bond donors (Lipinski definition) is 0. The van der Waals surface area contributed by atoms with Gasteiger partial charge in [0.05, 0.1) is 23.8 Å². The van der Waals surface area contributed by atoms with Crippen LogP contribution in [0.3, 0.4) is 0 Å². The minimum absolute atomic E-state index is 0.220. The van der Waals surface area contributed by atoms with Gasteiger partial charge in [0.2, 0.25) is 5.88 Å². The molecule has 2 heterocycles. The fourth-order valence-corrected chi connectivity index (χ4v) is 2.85. The molecular weight excluding hydrogens is 356 g/mol. The first-order valence-corrected chi connectivity index (χ1v) is 8.71. The molecule has 0 aliphatic rings. The van der Waals surface area contributed by atoms with Gasteiger partial charge in [-0.05, 0) is 29.0 Å². The molecule has 0 N–H and O–H groups in total. The van der Waals surface area contributed by atoms with E-state index in [1.54, 1.807) is 19.4 Å². The molecule has 28 heavy (non-hydrogen) atoms. The van der Waals surface area contributed by atoms with Gasteiger partial charge < -0.3 is 4.74 Å². The number of benzene rings is 2. The fraction of sp³-hybridized carbons (Fsp3) is 0.150. The molecule has 8 nitrogen and oxygen atoms in total. The number of nitrogens with zero attached hydrogens (tertiary/aromatic N) is 6. The van der Waals surface area contributed by atoms with Gasteiger partial charge in [-0.1, -0.05) is 42.5 Å². The van der Waals surface area contributed by atoms with Gasteiger partial charge in [0.1, 0.15) is 6.61 Å². The number of hydrogen-bond acceptors (Lipinski definition) is 6. The third-order valence-corrected chi connectivity index (χ3v) is 4.38. The molecule has 0 aliphatic heterocycles. The summed E-state index contributed by atoms with van der Waals surface area (Å²) in [6, 6.07) is 15.4. The second kappa shape index (κ2) is 7.43. The Balaban J connectivity index is 1.63. The van der Waals surface area contributed by atoms with Crippen LogP contribution in [-0.2, 0) is 13.7 Å². The van der Waals surface area contributed by atoms with Crippen molar-refractivity contribution in [3.8, 4) is 22.8 Å². The van der Waals surface area contributed by atoms with E-state index < -0.39 is 0 Å². The number of tetrazole rings is 1. The quantitative estimate of drug-likeness (QED) is 0.533. The highest BCUT2D eigenvalue weighted by atomic mass is 16.5. The summed E-state index contributed by atoms with van der Waals surface area (Å²) in [5.74, 6) is 0.405. The maximum absolute atomic E-state index is 12.2. The van der Waals surface area contributed by atoms with Gasteiger partial charge in [0, 0.05) is 18.2 Å². The molecule has 4 aromatic rings. The Morgan fingerprint density at radius 2 is 1.82 bits per heavy atom. The zero-order valence-corrected chi connectivity index (χ0v) is 15.5. The lowest BCUT2D eigenvalue weighted by molar-refractivity contribution is 0.291. The molecule has 0 unspecified atom stereocenters. The van der Waals surface area contributed by atoms with E-state index in [1.807, 2.05) is 55.5 Å². The molecule has 4 rings (SSSR count). The largest absolute Gasteiger partial charge is 0.472 e. The van der Waals surface area contributed by atoms with Crippen LogP contribution >= 0.6 is 0 Å². The van der Waals surface area contributed by atoms with Gasteiger partial charge in [-0.3, -0.25) is 4.98 Å². The second-order valence-electron chi connectivity index (χ2n) is 6.27. The van der Waals surface area contributed by atoms with Gasteiger partial charge in [0.25, 0.3) is 0 Å². The predicted molar refractivity (Wildman–Crippen MR) is 103 cm³/mol. The summed E-state index contributed by atoms with van der Waals surface area (Å²) in [5, 5.41) is 7.71. The van der Waals surface area contributed by atoms with Crippen molar-refractivity contribution in [3.05, 3.63) is 82.5 Å². The maximum Gasteiger partial charge on any atom is 0.368 e. The van der Waals surface area contributed by atoms with E-state index >= 15 is 0 Å². The monoisotopic (exact) mass is 374 g/mol. The van der Waals surface area contributed by atoms with Crippen molar-refractivity contribution >= 4 is 0 Å². The van der Waals surface area contributed by atoms with E-state index in [0.29, 0.717) is 11.6 Å². The van der Waals surface area contributed by atoms with Crippen molar-refractivity contribution in [2.75, 3.05) is 0 Å². The standard InChI is InChI=1S/C20H18N6O2/c1-14-7-6-10-18(26-20(27)25(2)23-24-26)16(14)13-28-19-12-21-11-17(22-19)15-8-4-3-5-9-15/h3-12H,13H2,1-2H3. The zero-order valence-electron chi connectivity index (χ0n) is 15.5. The zero-order chi connectivity index (χ0) is 19.5. The summed E-state index contributed by atoms with van der Waals surface area (Å²) in [4.78, 5) is 21.0. The molecule has 140 valence electrons. The van der Waals surface area contributed by atoms with Gasteiger partial charge in [0.15, 0.2) is 0 Å². The van der Waals surface area contributed by atoms with Crippen LogP contribution in [0.15, 0.2) is 65.7 Å². The third kappa shape index (κ3) is 3.39. The normalized spacial score (nSPS) is 10.8. The van der Waals surface area contributed by atoms with Crippen LogP contribution < -0.4 is 10.4 Å². The molecule has 2 aromatic heterocycles. The van der Waals surface area contributed by atoms with Gasteiger partial charge in [-0.2, -0.15) is 9.36 Å². The molecule has 0 saturated carbocycles. The summed E-state index contributed by atoms with van der Waals surface area (Å²) in [6.45, 7) is 2.17. The lowest BCUT2D eigenvalue weighted by Crippen LogP contribution is -2.23. The number of ether oxygens (including phenoxy) is 1. The molecule has 0 amide bonds. The van der Waals surface area contributed by atoms with E-state index in [9.17, 15) is 4.79 Å².